The highest BCUT2D eigenvalue weighted by Gasteiger charge is 2.32. The minimum atomic E-state index is -0.804. The van der Waals surface area contributed by atoms with Crippen LogP contribution in [0.2, 0.25) is 0 Å². The third-order valence-electron chi connectivity index (χ3n) is 4.11. The third-order valence-corrected chi connectivity index (χ3v) is 4.11. The number of nitrogens with two attached hydrogens (primary N) is 1. The van der Waals surface area contributed by atoms with Crippen LogP contribution >= 0.6 is 0 Å². The van der Waals surface area contributed by atoms with Gasteiger partial charge in [-0.3, -0.25) is 0 Å². The molecule has 2 aromatic carbocycles. The smallest absolute Gasteiger partial charge is 0.338 e. The summed E-state index contributed by atoms with van der Waals surface area (Å²) >= 11 is 0. The molecule has 0 saturated heterocycles. The maximum absolute atomic E-state index is 12.0. The van der Waals surface area contributed by atoms with Crippen LogP contribution in [0.4, 0.5) is 0 Å². The number of benzene rings is 2. The highest BCUT2D eigenvalue weighted by Crippen LogP contribution is 2.38. The van der Waals surface area contributed by atoms with Crippen LogP contribution in [0.25, 0.3) is 0 Å². The highest BCUT2D eigenvalue weighted by atomic mass is 16.5. The second-order valence-corrected chi connectivity index (χ2v) is 5.57. The van der Waals surface area contributed by atoms with E-state index in [1.165, 1.54) is 7.11 Å². The summed E-state index contributed by atoms with van der Waals surface area (Å²) in [4.78, 5) is 12.0. The number of methoxy groups -OCH3 is 1. The average molecular weight is 313 g/mol. The lowest BCUT2D eigenvalue weighted by atomic mass is 9.94. The van der Waals surface area contributed by atoms with E-state index in [-0.39, 0.29) is 0 Å². The van der Waals surface area contributed by atoms with Gasteiger partial charge in [0.15, 0.2) is 0 Å². The van der Waals surface area contributed by atoms with E-state index in [9.17, 15) is 9.90 Å². The molecule has 3 rings (SSSR count). The Morgan fingerprint density at radius 1 is 1.17 bits per heavy atom. The number of hydrogen-bond donors (Lipinski definition) is 2. The predicted molar refractivity (Wildman–Crippen MR) is 85.1 cm³/mol. The number of para-hydroxylation sites is 1. The maximum atomic E-state index is 12.0. The van der Waals surface area contributed by atoms with E-state index in [2.05, 4.69) is 0 Å². The Hall–Kier alpha value is -2.37. The van der Waals surface area contributed by atoms with Crippen molar-refractivity contribution in [3.8, 4) is 5.75 Å². The van der Waals surface area contributed by atoms with E-state index in [0.717, 1.165) is 0 Å². The summed E-state index contributed by atoms with van der Waals surface area (Å²) < 4.78 is 10.9. The second-order valence-electron chi connectivity index (χ2n) is 5.57. The Bertz CT molecular complexity index is 716. The first-order valence-electron chi connectivity index (χ1n) is 7.48. The molecular formula is C18H19NO4. The first-order valence-corrected chi connectivity index (χ1v) is 7.48. The molecule has 2 aromatic rings. The summed E-state index contributed by atoms with van der Waals surface area (Å²) in [6, 6.07) is 13.9. The number of carbonyl (C=O) groups excluding carboxylic acids is 1. The topological polar surface area (TPSA) is 81.8 Å². The number of hydrogen-bond acceptors (Lipinski definition) is 5. The van der Waals surface area contributed by atoms with Gasteiger partial charge in [0.2, 0.25) is 0 Å². The molecule has 23 heavy (non-hydrogen) atoms. The molecule has 0 aromatic heterocycles. The summed E-state index contributed by atoms with van der Waals surface area (Å²) in [5.41, 5.74) is 7.95. The number of ether oxygens (including phenoxy) is 2. The lowest BCUT2D eigenvalue weighted by Gasteiger charge is -2.21. The van der Waals surface area contributed by atoms with Crippen LogP contribution in [0.15, 0.2) is 48.5 Å². The van der Waals surface area contributed by atoms with Gasteiger partial charge in [-0.05, 0) is 12.1 Å². The van der Waals surface area contributed by atoms with Crippen molar-refractivity contribution in [2.75, 3.05) is 7.11 Å². The summed E-state index contributed by atoms with van der Waals surface area (Å²) in [6.45, 7) is 0. The molecule has 5 nitrogen and oxygen atoms in total. The second kappa shape index (κ2) is 6.40. The van der Waals surface area contributed by atoms with E-state index in [1.54, 1.807) is 24.3 Å². The summed E-state index contributed by atoms with van der Waals surface area (Å²) in [6.07, 6.45) is -0.843. The number of rotatable bonds is 2. The number of aliphatic hydroxyl groups excluding tert-OH is 1. The van der Waals surface area contributed by atoms with Crippen LogP contribution in [-0.4, -0.2) is 24.2 Å². The van der Waals surface area contributed by atoms with Gasteiger partial charge < -0.3 is 20.3 Å². The highest BCUT2D eigenvalue weighted by molar-refractivity contribution is 5.91. The van der Waals surface area contributed by atoms with Crippen molar-refractivity contribution in [1.82, 2.24) is 0 Å². The van der Waals surface area contributed by atoms with Gasteiger partial charge in [-0.1, -0.05) is 36.4 Å². The lowest BCUT2D eigenvalue weighted by Crippen LogP contribution is -2.29. The van der Waals surface area contributed by atoms with Crippen LogP contribution in [0.1, 0.15) is 40.1 Å². The largest absolute Gasteiger partial charge is 0.485 e. The summed E-state index contributed by atoms with van der Waals surface area (Å²) in [7, 11) is 1.35. The Labute approximate surface area is 134 Å². The van der Waals surface area contributed by atoms with Gasteiger partial charge in [0, 0.05) is 23.6 Å². The standard InChI is InChI=1S/C18H19NO4/c1-22-18(21)12-7-3-2-6-11(12)16-10-14(19)17(20)13-8-4-5-9-15(13)23-16/h2-9,14,16-17,20H,10,19H2,1H3. The van der Waals surface area contributed by atoms with Crippen LogP contribution < -0.4 is 10.5 Å². The van der Waals surface area contributed by atoms with Gasteiger partial charge in [-0.2, -0.15) is 0 Å². The van der Waals surface area contributed by atoms with Crippen LogP contribution in [0, 0.1) is 0 Å². The Morgan fingerprint density at radius 2 is 1.83 bits per heavy atom. The lowest BCUT2D eigenvalue weighted by molar-refractivity contribution is 0.0594. The molecule has 0 amide bonds. The van der Waals surface area contributed by atoms with Gasteiger partial charge in [0.25, 0.3) is 0 Å². The fourth-order valence-electron chi connectivity index (χ4n) is 2.90. The van der Waals surface area contributed by atoms with Crippen molar-refractivity contribution in [2.45, 2.75) is 24.7 Å². The van der Waals surface area contributed by atoms with Gasteiger partial charge in [-0.15, -0.1) is 0 Å². The quantitative estimate of drug-likeness (QED) is 0.832. The predicted octanol–water partition coefficient (Wildman–Crippen LogP) is 2.36. The monoisotopic (exact) mass is 313 g/mol. The zero-order valence-electron chi connectivity index (χ0n) is 12.8. The van der Waals surface area contributed by atoms with E-state index < -0.39 is 24.2 Å². The third kappa shape index (κ3) is 2.93. The zero-order chi connectivity index (χ0) is 16.4. The first kappa shape index (κ1) is 15.5. The molecule has 3 unspecified atom stereocenters. The minimum absolute atomic E-state index is 0.393. The zero-order valence-corrected chi connectivity index (χ0v) is 12.8. The molecule has 1 aliphatic heterocycles. The van der Waals surface area contributed by atoms with Crippen molar-refractivity contribution in [1.29, 1.82) is 0 Å². The molecule has 5 heteroatoms. The van der Waals surface area contributed by atoms with Crippen LogP contribution in [0.3, 0.4) is 0 Å². The van der Waals surface area contributed by atoms with E-state index >= 15 is 0 Å². The number of carbonyl (C=O) groups is 1. The molecule has 0 fully saturated rings. The molecular weight excluding hydrogens is 294 g/mol. The Kier molecular flexibility index (Phi) is 4.32. The minimum Gasteiger partial charge on any atom is -0.485 e. The molecule has 0 aliphatic carbocycles. The van der Waals surface area contributed by atoms with Gasteiger partial charge in [0.05, 0.1) is 18.8 Å². The summed E-state index contributed by atoms with van der Waals surface area (Å²) in [5.74, 6) is 0.161. The average Bonchev–Trinajstić information content (AvgIpc) is 2.72. The number of fused-ring (bicyclic) bond motifs is 1. The van der Waals surface area contributed by atoms with E-state index in [4.69, 9.17) is 15.2 Å². The number of esters is 1. The Balaban J connectivity index is 2.04. The number of aliphatic hydroxyl groups is 1. The summed E-state index contributed by atoms with van der Waals surface area (Å²) in [5, 5.41) is 10.4. The van der Waals surface area contributed by atoms with Gasteiger partial charge in [-0.25, -0.2) is 4.79 Å². The molecule has 120 valence electrons. The molecule has 1 aliphatic rings. The van der Waals surface area contributed by atoms with Crippen molar-refractivity contribution in [2.24, 2.45) is 5.73 Å². The van der Waals surface area contributed by atoms with E-state index in [1.807, 2.05) is 24.3 Å². The SMILES string of the molecule is COC(=O)c1ccccc1C1CC(N)C(O)c2ccccc2O1. The molecule has 0 bridgehead atoms. The molecule has 3 atom stereocenters. The molecule has 1 heterocycles. The molecule has 0 radical (unpaired) electrons. The van der Waals surface area contributed by atoms with Crippen LogP contribution in [0.5, 0.6) is 5.75 Å². The fourth-order valence-corrected chi connectivity index (χ4v) is 2.90. The normalized spacial score (nSPS) is 23.3. The molecule has 0 spiro atoms. The van der Waals surface area contributed by atoms with Crippen molar-refractivity contribution in [3.63, 3.8) is 0 Å². The molecule has 0 saturated carbocycles. The first-order chi connectivity index (χ1) is 11.1. The van der Waals surface area contributed by atoms with Crippen molar-refractivity contribution < 1.29 is 19.4 Å². The van der Waals surface area contributed by atoms with E-state index in [0.29, 0.717) is 28.9 Å². The van der Waals surface area contributed by atoms with Crippen molar-refractivity contribution >= 4 is 5.97 Å². The Morgan fingerprint density at radius 3 is 2.57 bits per heavy atom. The fraction of sp³-hybridized carbons (Fsp3) is 0.278. The van der Waals surface area contributed by atoms with Gasteiger partial charge in [0.1, 0.15) is 11.9 Å². The van der Waals surface area contributed by atoms with Crippen LogP contribution in [-0.2, 0) is 4.74 Å². The maximum Gasteiger partial charge on any atom is 0.338 e. The molecule has 3 N–H and O–H groups in total. The van der Waals surface area contributed by atoms with Gasteiger partial charge >= 0.3 is 5.97 Å². The van der Waals surface area contributed by atoms with Crippen molar-refractivity contribution in [3.05, 3.63) is 65.2 Å².